The van der Waals surface area contributed by atoms with Gasteiger partial charge in [0.2, 0.25) is 11.2 Å². The molecule has 0 radical (unpaired) electrons. The van der Waals surface area contributed by atoms with E-state index in [4.69, 9.17) is 23.4 Å². The lowest BCUT2D eigenvalue weighted by atomic mass is 10.1. The molecule has 33 heavy (non-hydrogen) atoms. The summed E-state index contributed by atoms with van der Waals surface area (Å²) >= 11 is 0. The van der Waals surface area contributed by atoms with Crippen LogP contribution in [0.3, 0.4) is 0 Å². The quantitative estimate of drug-likeness (QED) is 0.405. The van der Waals surface area contributed by atoms with Crippen molar-refractivity contribution in [3.63, 3.8) is 0 Å². The van der Waals surface area contributed by atoms with Crippen LogP contribution in [0.4, 0.5) is 0 Å². The summed E-state index contributed by atoms with van der Waals surface area (Å²) in [6, 6.07) is 18.9. The van der Waals surface area contributed by atoms with E-state index in [1.165, 1.54) is 0 Å². The summed E-state index contributed by atoms with van der Waals surface area (Å²) < 4.78 is 28.1. The van der Waals surface area contributed by atoms with E-state index in [1.807, 2.05) is 0 Å². The largest absolute Gasteiger partial charge is 0.497 e. The number of Topliss-reactive ketones (excluding diaryl/α,β-unsaturated/α-hetero) is 1. The van der Waals surface area contributed by atoms with Crippen molar-refractivity contribution in [2.45, 2.75) is 0 Å². The van der Waals surface area contributed by atoms with Crippen LogP contribution < -0.4 is 24.4 Å². The van der Waals surface area contributed by atoms with Gasteiger partial charge in [0, 0.05) is 11.1 Å². The molecule has 0 saturated carbocycles. The first-order valence-corrected chi connectivity index (χ1v) is 10.4. The van der Waals surface area contributed by atoms with Crippen molar-refractivity contribution in [1.29, 1.82) is 0 Å². The number of ketones is 1. The van der Waals surface area contributed by atoms with Crippen molar-refractivity contribution in [2.24, 2.45) is 0 Å². The number of hydrogen-bond donors (Lipinski definition) is 0. The highest BCUT2D eigenvalue weighted by molar-refractivity contribution is 5.98. The molecule has 0 aliphatic carbocycles. The lowest BCUT2D eigenvalue weighted by Crippen LogP contribution is -2.18. The number of carbonyl (C=O) groups is 1. The average molecular weight is 444 g/mol. The van der Waals surface area contributed by atoms with E-state index in [0.29, 0.717) is 52.6 Å². The van der Waals surface area contributed by atoms with Crippen LogP contribution in [0.1, 0.15) is 10.4 Å². The van der Waals surface area contributed by atoms with E-state index in [1.54, 1.807) is 73.8 Å². The molecule has 5 rings (SSSR count). The third-order valence-electron chi connectivity index (χ3n) is 5.32. The van der Waals surface area contributed by atoms with E-state index in [0.717, 1.165) is 0 Å². The number of methoxy groups -OCH3 is 1. The number of ether oxygens (including phenoxy) is 4. The molecule has 0 unspecified atom stereocenters. The Morgan fingerprint density at radius 1 is 0.939 bits per heavy atom. The zero-order chi connectivity index (χ0) is 22.8. The summed E-state index contributed by atoms with van der Waals surface area (Å²) in [4.78, 5) is 26.1. The van der Waals surface area contributed by atoms with E-state index in [-0.39, 0.29) is 29.3 Å². The average Bonchev–Trinajstić information content (AvgIpc) is 2.87. The molecule has 0 amide bonds. The van der Waals surface area contributed by atoms with Crippen LogP contribution in [0, 0.1) is 0 Å². The topological polar surface area (TPSA) is 84.2 Å². The normalized spacial score (nSPS) is 12.4. The van der Waals surface area contributed by atoms with Gasteiger partial charge in [-0.15, -0.1) is 0 Å². The number of para-hydroxylation sites is 1. The maximum absolute atomic E-state index is 13.2. The Labute approximate surface area is 189 Å². The van der Waals surface area contributed by atoms with Crippen LogP contribution in [0.25, 0.3) is 22.3 Å². The van der Waals surface area contributed by atoms with Crippen LogP contribution in [0.5, 0.6) is 23.0 Å². The molecule has 0 bridgehead atoms. The second kappa shape index (κ2) is 8.70. The van der Waals surface area contributed by atoms with Crippen LogP contribution >= 0.6 is 0 Å². The molecule has 1 aliphatic heterocycles. The SMILES string of the molecule is COc1ccc(-c2oc3ccccc3c(=O)c2OCC(=O)c2ccc3c(c2)OCCO3)cc1. The number of fused-ring (bicyclic) bond motifs is 2. The zero-order valence-electron chi connectivity index (χ0n) is 17.8. The molecule has 0 saturated heterocycles. The summed E-state index contributed by atoms with van der Waals surface area (Å²) in [6.07, 6.45) is 0. The minimum absolute atomic E-state index is 0.0234. The molecular formula is C26H20O7. The molecule has 4 aromatic rings. The van der Waals surface area contributed by atoms with Gasteiger partial charge in [-0.1, -0.05) is 12.1 Å². The third kappa shape index (κ3) is 4.01. The van der Waals surface area contributed by atoms with Crippen molar-refractivity contribution in [2.75, 3.05) is 26.9 Å². The van der Waals surface area contributed by atoms with Gasteiger partial charge in [-0.05, 0) is 54.6 Å². The van der Waals surface area contributed by atoms with Gasteiger partial charge >= 0.3 is 0 Å². The number of hydrogen-bond acceptors (Lipinski definition) is 7. The predicted octanol–water partition coefficient (Wildman–Crippen LogP) is 4.50. The Bertz CT molecular complexity index is 1390. The van der Waals surface area contributed by atoms with E-state index < -0.39 is 0 Å². The fourth-order valence-electron chi connectivity index (χ4n) is 3.63. The molecule has 7 heteroatoms. The second-order valence-electron chi connectivity index (χ2n) is 7.38. The highest BCUT2D eigenvalue weighted by atomic mass is 16.6. The lowest BCUT2D eigenvalue weighted by molar-refractivity contribution is 0.0919. The number of carbonyl (C=O) groups excluding carboxylic acids is 1. The van der Waals surface area contributed by atoms with Crippen molar-refractivity contribution < 1.29 is 28.2 Å². The molecule has 0 fully saturated rings. The highest BCUT2D eigenvalue weighted by Gasteiger charge is 2.20. The molecule has 0 N–H and O–H groups in total. The van der Waals surface area contributed by atoms with E-state index in [2.05, 4.69) is 0 Å². The molecular weight excluding hydrogens is 424 g/mol. The maximum Gasteiger partial charge on any atom is 0.235 e. The minimum Gasteiger partial charge on any atom is -0.497 e. The zero-order valence-corrected chi connectivity index (χ0v) is 17.8. The van der Waals surface area contributed by atoms with Gasteiger partial charge in [-0.2, -0.15) is 0 Å². The first-order chi connectivity index (χ1) is 16.1. The Morgan fingerprint density at radius 2 is 1.70 bits per heavy atom. The monoisotopic (exact) mass is 444 g/mol. The van der Waals surface area contributed by atoms with E-state index >= 15 is 0 Å². The van der Waals surface area contributed by atoms with Crippen molar-refractivity contribution >= 4 is 16.8 Å². The standard InChI is InChI=1S/C26H20O7/c1-29-18-9-6-16(7-10-18)25-26(24(28)19-4-2-3-5-21(19)33-25)32-15-20(27)17-8-11-22-23(14-17)31-13-12-30-22/h2-11,14H,12-13,15H2,1H3. The maximum atomic E-state index is 13.2. The lowest BCUT2D eigenvalue weighted by Gasteiger charge is -2.18. The van der Waals surface area contributed by atoms with Gasteiger partial charge in [0.15, 0.2) is 29.6 Å². The Balaban J connectivity index is 1.49. The molecule has 1 aromatic heterocycles. The summed E-state index contributed by atoms with van der Waals surface area (Å²) in [5, 5.41) is 0.372. The molecule has 1 aliphatic rings. The summed E-state index contributed by atoms with van der Waals surface area (Å²) in [7, 11) is 1.57. The van der Waals surface area contributed by atoms with Crippen LogP contribution in [0.15, 0.2) is 75.9 Å². The molecule has 7 nitrogen and oxygen atoms in total. The summed E-state index contributed by atoms with van der Waals surface area (Å²) in [5.41, 5.74) is 1.10. The smallest absolute Gasteiger partial charge is 0.235 e. The Morgan fingerprint density at radius 3 is 2.48 bits per heavy atom. The molecule has 0 spiro atoms. The highest BCUT2D eigenvalue weighted by Crippen LogP contribution is 2.33. The molecule has 3 aromatic carbocycles. The van der Waals surface area contributed by atoms with Crippen molar-refractivity contribution in [1.82, 2.24) is 0 Å². The number of rotatable bonds is 6. The van der Waals surface area contributed by atoms with Crippen molar-refractivity contribution in [3.8, 4) is 34.3 Å². The number of benzene rings is 3. The first-order valence-electron chi connectivity index (χ1n) is 10.4. The van der Waals surface area contributed by atoms with E-state index in [9.17, 15) is 9.59 Å². The van der Waals surface area contributed by atoms with Crippen molar-refractivity contribution in [3.05, 3.63) is 82.5 Å². The fourth-order valence-corrected chi connectivity index (χ4v) is 3.63. The second-order valence-corrected chi connectivity index (χ2v) is 7.38. The van der Waals surface area contributed by atoms with Gasteiger partial charge < -0.3 is 23.4 Å². The summed E-state index contributed by atoms with van der Waals surface area (Å²) in [6.45, 7) is 0.547. The van der Waals surface area contributed by atoms with Crippen LogP contribution in [0.2, 0.25) is 0 Å². The minimum atomic E-state index is -0.349. The molecule has 0 atom stereocenters. The Kier molecular flexibility index (Phi) is 5.44. The van der Waals surface area contributed by atoms with Gasteiger partial charge in [-0.25, -0.2) is 0 Å². The van der Waals surface area contributed by atoms with Crippen LogP contribution in [-0.2, 0) is 0 Å². The predicted molar refractivity (Wildman–Crippen MR) is 122 cm³/mol. The van der Waals surface area contributed by atoms with Crippen LogP contribution in [-0.4, -0.2) is 32.7 Å². The summed E-state index contributed by atoms with van der Waals surface area (Å²) in [5.74, 6) is 1.69. The fraction of sp³-hybridized carbons (Fsp3) is 0.154. The van der Waals surface area contributed by atoms with Gasteiger partial charge in [0.05, 0.1) is 12.5 Å². The molecule has 166 valence electrons. The van der Waals surface area contributed by atoms with Gasteiger partial charge in [0.25, 0.3) is 0 Å². The first kappa shape index (κ1) is 20.6. The Hall–Kier alpha value is -4.26. The van der Waals surface area contributed by atoms with Gasteiger partial charge in [0.1, 0.15) is 24.5 Å². The van der Waals surface area contributed by atoms with Gasteiger partial charge in [-0.3, -0.25) is 9.59 Å². The third-order valence-corrected chi connectivity index (χ3v) is 5.32. The molecule has 2 heterocycles.